The summed E-state index contributed by atoms with van der Waals surface area (Å²) in [5.41, 5.74) is 5.89. The molecule has 1 aromatic carbocycles. The van der Waals surface area contributed by atoms with Gasteiger partial charge in [0.25, 0.3) is 0 Å². The Hall–Kier alpha value is -3.75. The average molecular weight is 395 g/mol. The van der Waals surface area contributed by atoms with Crippen molar-refractivity contribution in [2.24, 2.45) is 0 Å². The summed E-state index contributed by atoms with van der Waals surface area (Å²) in [6.45, 7) is 2.38. The monoisotopic (exact) mass is 395 g/mol. The highest BCUT2D eigenvalue weighted by Gasteiger charge is 2.31. The predicted octanol–water partition coefficient (Wildman–Crippen LogP) is 2.48. The number of amides is 1. The van der Waals surface area contributed by atoms with Gasteiger partial charge in [-0.2, -0.15) is 5.10 Å². The highest BCUT2D eigenvalue weighted by atomic mass is 19.1. The van der Waals surface area contributed by atoms with E-state index in [4.69, 9.17) is 4.74 Å². The van der Waals surface area contributed by atoms with Gasteiger partial charge >= 0.3 is 11.9 Å². The molecule has 0 saturated carbocycles. The molecule has 3 aromatic rings. The normalized spacial score (nSPS) is 12.8. The molecule has 0 unspecified atom stereocenters. The van der Waals surface area contributed by atoms with Crippen LogP contribution in [-0.4, -0.2) is 44.8 Å². The van der Waals surface area contributed by atoms with Crippen molar-refractivity contribution in [2.75, 3.05) is 18.6 Å². The minimum absolute atomic E-state index is 0.118. The van der Waals surface area contributed by atoms with Crippen LogP contribution in [0.4, 0.5) is 10.2 Å². The van der Waals surface area contributed by atoms with Crippen molar-refractivity contribution in [3.63, 3.8) is 0 Å². The van der Waals surface area contributed by atoms with Crippen molar-refractivity contribution in [1.82, 2.24) is 19.8 Å². The number of hydrogen-bond acceptors (Lipinski definition) is 6. The lowest BCUT2D eigenvalue weighted by Crippen LogP contribution is -2.46. The molecule has 2 aromatic heterocycles. The average Bonchev–Trinajstić information content (AvgIpc) is 3.13. The molecule has 9 heteroatoms. The van der Waals surface area contributed by atoms with Crippen molar-refractivity contribution in [2.45, 2.75) is 13.5 Å². The smallest absolute Gasteiger partial charge is 0.398 e. The van der Waals surface area contributed by atoms with Crippen molar-refractivity contribution in [3.05, 3.63) is 54.6 Å². The number of carbonyl (C=O) groups excluding carboxylic acids is 2. The van der Waals surface area contributed by atoms with Gasteiger partial charge in [0.1, 0.15) is 11.5 Å². The zero-order chi connectivity index (χ0) is 20.4. The van der Waals surface area contributed by atoms with E-state index in [1.54, 1.807) is 36.1 Å². The number of ether oxygens (including phenoxy) is 1. The second-order valence-electron chi connectivity index (χ2n) is 6.33. The minimum Gasteiger partial charge on any atom is -0.459 e. The third-order valence-corrected chi connectivity index (χ3v) is 4.51. The van der Waals surface area contributed by atoms with E-state index in [2.05, 4.69) is 15.5 Å². The summed E-state index contributed by atoms with van der Waals surface area (Å²) in [6, 6.07) is 9.67. The number of benzene rings is 1. The number of halogens is 1. The molecular weight excluding hydrogens is 377 g/mol. The summed E-state index contributed by atoms with van der Waals surface area (Å²) in [4.78, 5) is 28.3. The van der Waals surface area contributed by atoms with Crippen LogP contribution < -0.4 is 5.43 Å². The molecule has 0 spiro atoms. The van der Waals surface area contributed by atoms with Gasteiger partial charge < -0.3 is 4.74 Å². The lowest BCUT2D eigenvalue weighted by Gasteiger charge is -2.28. The number of esters is 1. The molecule has 0 atom stereocenters. The summed E-state index contributed by atoms with van der Waals surface area (Å²) in [5, 5.41) is 5.88. The van der Waals surface area contributed by atoms with Gasteiger partial charge in [-0.1, -0.05) is 0 Å². The van der Waals surface area contributed by atoms with Crippen LogP contribution in [0.2, 0.25) is 0 Å². The van der Waals surface area contributed by atoms with Crippen LogP contribution >= 0.6 is 0 Å². The summed E-state index contributed by atoms with van der Waals surface area (Å²) in [7, 11) is 0. The number of aromatic nitrogens is 3. The van der Waals surface area contributed by atoms with Gasteiger partial charge in [0.15, 0.2) is 5.82 Å². The molecule has 8 nitrogen and oxygen atoms in total. The lowest BCUT2D eigenvalue weighted by atomic mass is 10.0. The Morgan fingerprint density at radius 1 is 1.10 bits per heavy atom. The van der Waals surface area contributed by atoms with E-state index in [0.717, 1.165) is 16.7 Å². The number of anilines is 1. The van der Waals surface area contributed by atoms with Crippen molar-refractivity contribution in [1.29, 1.82) is 0 Å². The molecule has 1 N–H and O–H groups in total. The topological polar surface area (TPSA) is 89.4 Å². The van der Waals surface area contributed by atoms with Crippen molar-refractivity contribution >= 4 is 17.7 Å². The van der Waals surface area contributed by atoms with E-state index in [0.29, 0.717) is 18.1 Å². The Morgan fingerprint density at radius 2 is 1.83 bits per heavy atom. The number of fused-ring (bicyclic) bond motifs is 1. The molecule has 0 saturated heterocycles. The molecule has 148 valence electrons. The second-order valence-corrected chi connectivity index (χ2v) is 6.33. The van der Waals surface area contributed by atoms with Gasteiger partial charge in [-0.25, -0.2) is 18.9 Å². The molecule has 1 aliphatic heterocycles. The van der Waals surface area contributed by atoms with Gasteiger partial charge in [0.05, 0.1) is 25.3 Å². The number of hydrazine groups is 1. The maximum absolute atomic E-state index is 13.4. The molecule has 29 heavy (non-hydrogen) atoms. The fraction of sp³-hybridized carbons (Fsp3) is 0.200. The van der Waals surface area contributed by atoms with E-state index < -0.39 is 11.9 Å². The third-order valence-electron chi connectivity index (χ3n) is 4.51. The molecule has 0 fully saturated rings. The Kier molecular flexibility index (Phi) is 4.94. The van der Waals surface area contributed by atoms with E-state index in [1.165, 1.54) is 17.1 Å². The zero-order valence-electron chi connectivity index (χ0n) is 15.6. The fourth-order valence-electron chi connectivity index (χ4n) is 3.17. The van der Waals surface area contributed by atoms with Gasteiger partial charge in [-0.15, -0.1) is 0 Å². The van der Waals surface area contributed by atoms with Crippen molar-refractivity contribution in [3.8, 4) is 22.4 Å². The van der Waals surface area contributed by atoms with Crippen LogP contribution in [0, 0.1) is 5.82 Å². The predicted molar refractivity (Wildman–Crippen MR) is 103 cm³/mol. The Balaban J connectivity index is 1.78. The molecule has 0 bridgehead atoms. The van der Waals surface area contributed by atoms with E-state index in [-0.39, 0.29) is 19.0 Å². The van der Waals surface area contributed by atoms with Crippen LogP contribution in [0.5, 0.6) is 0 Å². The number of pyridine rings is 1. The number of rotatable bonds is 3. The third kappa shape index (κ3) is 3.54. The Morgan fingerprint density at radius 3 is 2.52 bits per heavy atom. The molecule has 0 radical (unpaired) electrons. The Labute approximate surface area is 165 Å². The van der Waals surface area contributed by atoms with Crippen LogP contribution in [-0.2, 0) is 20.9 Å². The maximum atomic E-state index is 13.4. The SMILES string of the molecule is CCOC(=O)C(=O)N1CCn2nc(-c3ccc(F)cc3)c(-c3ccncc3)c2N1. The van der Waals surface area contributed by atoms with E-state index in [9.17, 15) is 14.0 Å². The summed E-state index contributed by atoms with van der Waals surface area (Å²) < 4.78 is 19.9. The first-order chi connectivity index (χ1) is 14.1. The molecule has 1 aliphatic rings. The highest BCUT2D eigenvalue weighted by Crippen LogP contribution is 2.38. The molecule has 4 rings (SSSR count). The lowest BCUT2D eigenvalue weighted by molar-refractivity contribution is -0.159. The molecule has 0 aliphatic carbocycles. The maximum Gasteiger partial charge on any atom is 0.398 e. The summed E-state index contributed by atoms with van der Waals surface area (Å²) in [6.07, 6.45) is 3.30. The quantitative estimate of drug-likeness (QED) is 0.541. The van der Waals surface area contributed by atoms with Crippen molar-refractivity contribution < 1.29 is 18.7 Å². The number of hydrogen-bond donors (Lipinski definition) is 1. The summed E-state index contributed by atoms with van der Waals surface area (Å²) in [5.74, 6) is -1.48. The van der Waals surface area contributed by atoms with Gasteiger partial charge in [0, 0.05) is 18.0 Å². The zero-order valence-corrected chi connectivity index (χ0v) is 15.6. The highest BCUT2D eigenvalue weighted by molar-refractivity contribution is 6.32. The van der Waals surface area contributed by atoms with E-state index in [1.807, 2.05) is 12.1 Å². The molecule has 1 amide bonds. The van der Waals surface area contributed by atoms with Crippen LogP contribution in [0.3, 0.4) is 0 Å². The minimum atomic E-state index is -0.919. The summed E-state index contributed by atoms with van der Waals surface area (Å²) >= 11 is 0. The first-order valence-corrected chi connectivity index (χ1v) is 9.11. The van der Waals surface area contributed by atoms with Gasteiger partial charge in [0.2, 0.25) is 0 Å². The van der Waals surface area contributed by atoms with Crippen LogP contribution in [0.1, 0.15) is 6.92 Å². The van der Waals surface area contributed by atoms with Gasteiger partial charge in [-0.3, -0.25) is 15.2 Å². The number of nitrogens with one attached hydrogen (secondary N) is 1. The first kappa shape index (κ1) is 18.6. The second kappa shape index (κ2) is 7.70. The Bertz CT molecular complexity index is 1050. The van der Waals surface area contributed by atoms with Crippen LogP contribution in [0.25, 0.3) is 22.4 Å². The van der Waals surface area contributed by atoms with Crippen LogP contribution in [0.15, 0.2) is 48.8 Å². The first-order valence-electron chi connectivity index (χ1n) is 9.11. The standard InChI is InChI=1S/C20H18FN5O3/c1-2-29-20(28)19(27)26-12-11-25-18(24-26)16(13-7-9-22-10-8-13)17(23-25)14-3-5-15(21)6-4-14/h3-10,24H,2,11-12H2,1H3. The fourth-order valence-corrected chi connectivity index (χ4v) is 3.17. The van der Waals surface area contributed by atoms with E-state index >= 15 is 0 Å². The number of carbonyl (C=O) groups is 2. The molecular formula is C20H18FN5O3. The largest absolute Gasteiger partial charge is 0.459 e. The number of nitrogens with zero attached hydrogens (tertiary/aromatic N) is 4. The molecule has 3 heterocycles. The van der Waals surface area contributed by atoms with Gasteiger partial charge in [-0.05, 0) is 48.9 Å².